The normalized spacial score (nSPS) is 14.1. The van der Waals surface area contributed by atoms with Crippen molar-refractivity contribution >= 4 is 33.3 Å². The molecule has 0 unspecified atom stereocenters. The molecule has 1 aliphatic heterocycles. The molecule has 0 radical (unpaired) electrons. The van der Waals surface area contributed by atoms with Crippen LogP contribution in [-0.4, -0.2) is 16.7 Å². The lowest BCUT2D eigenvalue weighted by atomic mass is 9.67. The van der Waals surface area contributed by atoms with Gasteiger partial charge in [0.15, 0.2) is 6.17 Å². The lowest BCUT2D eigenvalue weighted by molar-refractivity contribution is 0.756. The highest BCUT2D eigenvalue weighted by molar-refractivity contribution is 6.16. The van der Waals surface area contributed by atoms with Gasteiger partial charge in [-0.3, -0.25) is 0 Å². The highest BCUT2D eigenvalue weighted by atomic mass is 15.2. The number of nitrogens with zero attached hydrogens (tertiary/aromatic N) is 3. The van der Waals surface area contributed by atoms with Crippen molar-refractivity contribution in [2.24, 2.45) is 9.98 Å². The number of aliphatic imine (C=N–C) groups is 2. The van der Waals surface area contributed by atoms with Gasteiger partial charge in [-0.2, -0.15) is 0 Å². The molecule has 296 valence electrons. The Morgan fingerprint density at radius 1 is 0.365 bits per heavy atom. The fourth-order valence-electron chi connectivity index (χ4n) is 9.94. The minimum Gasteiger partial charge on any atom is -0.324 e. The number of hydrogen-bond acceptors (Lipinski definition) is 4. The lowest BCUT2D eigenvalue weighted by Gasteiger charge is -2.34. The zero-order valence-corrected chi connectivity index (χ0v) is 34.4. The zero-order chi connectivity index (χ0) is 41.7. The first-order valence-electron chi connectivity index (χ1n) is 21.5. The van der Waals surface area contributed by atoms with E-state index < -0.39 is 11.6 Å². The van der Waals surface area contributed by atoms with Crippen LogP contribution in [0.5, 0.6) is 0 Å². The second kappa shape index (κ2) is 15.1. The van der Waals surface area contributed by atoms with Crippen molar-refractivity contribution < 1.29 is 0 Å². The van der Waals surface area contributed by atoms with Gasteiger partial charge in [0.2, 0.25) is 0 Å². The Balaban J connectivity index is 1.12. The van der Waals surface area contributed by atoms with E-state index in [-0.39, 0.29) is 0 Å². The molecule has 0 saturated heterocycles. The summed E-state index contributed by atoms with van der Waals surface area (Å²) in [5, 5.41) is 7.00. The third-order valence-electron chi connectivity index (χ3n) is 12.8. The molecule has 0 atom stereocenters. The van der Waals surface area contributed by atoms with Gasteiger partial charge < -0.3 is 5.32 Å². The fraction of sp³-hybridized carbons (Fsp3) is 0.0339. The summed E-state index contributed by atoms with van der Waals surface area (Å²) in [6.07, 6.45) is -0.534. The Hall–Kier alpha value is -8.21. The largest absolute Gasteiger partial charge is 0.324 e. The number of rotatable bonds is 7. The molecular weight excluding hydrogens is 765 g/mol. The standard InChI is InChI=1S/C59H40N4/c1-5-19-39(20-6-1)56-61-57(40-21-7-2-8-22-40)63-58(62-56)44-36-42(35-43(37-44)55-51-30-14-13-27-47(51)50-29-16-18-32-54(50)60-55)41-33-34-49-48-28-15-17-31-52(48)59(53(49)38-41,45-23-9-3-10-24-45)46-25-11-4-12-26-46/h1-38,58H,(H,61,62,63). The predicted octanol–water partition coefficient (Wildman–Crippen LogP) is 13.6. The van der Waals surface area contributed by atoms with Gasteiger partial charge in [0.25, 0.3) is 0 Å². The van der Waals surface area contributed by atoms with Crippen LogP contribution >= 0.6 is 0 Å². The van der Waals surface area contributed by atoms with Crippen molar-refractivity contribution in [3.8, 4) is 33.5 Å². The summed E-state index contributed by atoms with van der Waals surface area (Å²) < 4.78 is 0. The molecule has 0 bridgehead atoms. The quantitative estimate of drug-likeness (QED) is 0.163. The number of hydrogen-bond donors (Lipinski definition) is 1. The zero-order valence-electron chi connectivity index (χ0n) is 34.4. The maximum Gasteiger partial charge on any atom is 0.169 e. The van der Waals surface area contributed by atoms with E-state index in [9.17, 15) is 0 Å². The van der Waals surface area contributed by atoms with E-state index in [4.69, 9.17) is 15.0 Å². The van der Waals surface area contributed by atoms with Crippen molar-refractivity contribution in [2.75, 3.05) is 0 Å². The van der Waals surface area contributed by atoms with Crippen LogP contribution in [0.25, 0.3) is 55.2 Å². The summed E-state index contributed by atoms with van der Waals surface area (Å²) in [6.45, 7) is 0. The predicted molar refractivity (Wildman–Crippen MR) is 259 cm³/mol. The van der Waals surface area contributed by atoms with Gasteiger partial charge in [0, 0.05) is 27.5 Å². The first-order chi connectivity index (χ1) is 31.2. The fourth-order valence-corrected chi connectivity index (χ4v) is 9.94. The molecule has 10 aromatic rings. The van der Waals surface area contributed by atoms with Gasteiger partial charge in [-0.25, -0.2) is 15.0 Å². The molecular formula is C59H40N4. The molecule has 12 rings (SSSR count). The van der Waals surface area contributed by atoms with Gasteiger partial charge in [-0.15, -0.1) is 0 Å². The van der Waals surface area contributed by atoms with Gasteiger partial charge in [0.05, 0.1) is 16.6 Å². The number of nitrogens with one attached hydrogen (secondary N) is 1. The number of fused-ring (bicyclic) bond motifs is 6. The Kier molecular flexibility index (Phi) is 8.75. The van der Waals surface area contributed by atoms with E-state index in [2.05, 4.69) is 224 Å². The van der Waals surface area contributed by atoms with E-state index in [1.165, 1.54) is 38.8 Å². The molecule has 0 saturated carbocycles. The van der Waals surface area contributed by atoms with E-state index in [0.717, 1.165) is 67.0 Å². The van der Waals surface area contributed by atoms with E-state index in [1.807, 2.05) is 12.1 Å². The van der Waals surface area contributed by atoms with Gasteiger partial charge >= 0.3 is 0 Å². The maximum absolute atomic E-state index is 5.42. The summed E-state index contributed by atoms with van der Waals surface area (Å²) >= 11 is 0. The van der Waals surface area contributed by atoms with Crippen molar-refractivity contribution in [3.05, 3.63) is 269 Å². The van der Waals surface area contributed by atoms with Crippen LogP contribution in [-0.2, 0) is 5.41 Å². The second-order valence-electron chi connectivity index (χ2n) is 16.3. The van der Waals surface area contributed by atoms with Crippen molar-refractivity contribution in [2.45, 2.75) is 11.6 Å². The highest BCUT2D eigenvalue weighted by Gasteiger charge is 2.46. The van der Waals surface area contributed by atoms with Gasteiger partial charge in [-0.1, -0.05) is 200 Å². The van der Waals surface area contributed by atoms with Crippen molar-refractivity contribution in [1.29, 1.82) is 0 Å². The van der Waals surface area contributed by atoms with E-state index in [1.54, 1.807) is 0 Å². The van der Waals surface area contributed by atoms with Crippen LogP contribution in [0.4, 0.5) is 0 Å². The van der Waals surface area contributed by atoms with Crippen LogP contribution in [0.2, 0.25) is 0 Å². The molecule has 0 amide bonds. The summed E-state index contributed by atoms with van der Waals surface area (Å²) in [4.78, 5) is 16.2. The lowest BCUT2D eigenvalue weighted by Crippen LogP contribution is -2.36. The first kappa shape index (κ1) is 36.6. The van der Waals surface area contributed by atoms with Crippen LogP contribution in [0, 0.1) is 0 Å². The van der Waals surface area contributed by atoms with Crippen molar-refractivity contribution in [3.63, 3.8) is 0 Å². The van der Waals surface area contributed by atoms with E-state index >= 15 is 0 Å². The maximum atomic E-state index is 5.42. The Morgan fingerprint density at radius 2 is 0.889 bits per heavy atom. The van der Waals surface area contributed by atoms with E-state index in [0.29, 0.717) is 0 Å². The first-order valence-corrected chi connectivity index (χ1v) is 21.5. The van der Waals surface area contributed by atoms with Crippen LogP contribution in [0.3, 0.4) is 0 Å². The van der Waals surface area contributed by atoms with Crippen LogP contribution < -0.4 is 5.32 Å². The molecule has 1 aromatic heterocycles. The average Bonchev–Trinajstić information content (AvgIpc) is 3.67. The number of pyridine rings is 1. The monoisotopic (exact) mass is 804 g/mol. The number of benzene rings is 9. The molecule has 1 N–H and O–H groups in total. The molecule has 4 heteroatoms. The molecule has 0 fully saturated rings. The third-order valence-corrected chi connectivity index (χ3v) is 12.8. The molecule has 2 heterocycles. The second-order valence-corrected chi connectivity index (χ2v) is 16.3. The minimum atomic E-state index is -0.534. The van der Waals surface area contributed by atoms with Crippen LogP contribution in [0.15, 0.2) is 241 Å². The number of para-hydroxylation sites is 1. The van der Waals surface area contributed by atoms with Crippen molar-refractivity contribution in [1.82, 2.24) is 10.3 Å². The Labute approximate surface area is 366 Å². The molecule has 0 spiro atoms. The highest BCUT2D eigenvalue weighted by Crippen LogP contribution is 2.56. The molecule has 2 aliphatic rings. The third kappa shape index (κ3) is 6.10. The molecule has 9 aromatic carbocycles. The smallest absolute Gasteiger partial charge is 0.169 e. The number of aromatic nitrogens is 1. The molecule has 63 heavy (non-hydrogen) atoms. The topological polar surface area (TPSA) is 49.6 Å². The number of amidine groups is 2. The van der Waals surface area contributed by atoms with Gasteiger partial charge in [-0.05, 0) is 85.8 Å². The SMILES string of the molecule is c1ccc(C2=NC(c3cc(-c4ccc5c(c4)C(c4ccccc4)(c4ccccc4)c4ccccc4-5)cc(-c4nc5ccccc5c5ccccc45)c3)N=C(c3ccccc3)N2)cc1. The Morgan fingerprint density at radius 3 is 1.56 bits per heavy atom. The average molecular weight is 805 g/mol. The molecule has 4 nitrogen and oxygen atoms in total. The summed E-state index contributed by atoms with van der Waals surface area (Å²) in [5.74, 6) is 1.56. The van der Waals surface area contributed by atoms with Crippen LogP contribution in [0.1, 0.15) is 45.1 Å². The van der Waals surface area contributed by atoms with Gasteiger partial charge in [0.1, 0.15) is 11.7 Å². The molecule has 1 aliphatic carbocycles. The summed E-state index contributed by atoms with van der Waals surface area (Å²) in [7, 11) is 0. The summed E-state index contributed by atoms with van der Waals surface area (Å²) in [5.41, 5.74) is 15.1. The minimum absolute atomic E-state index is 0.528. The summed E-state index contributed by atoms with van der Waals surface area (Å²) in [6, 6.07) is 82.5. The Bertz CT molecular complexity index is 3320.